The van der Waals surface area contributed by atoms with Crippen LogP contribution in [0.15, 0.2) is 66.7 Å². The lowest BCUT2D eigenvalue weighted by Gasteiger charge is -2.38. The molecule has 5 nitrogen and oxygen atoms in total. The van der Waals surface area contributed by atoms with Crippen molar-refractivity contribution >= 4 is 11.4 Å². The number of benzene rings is 3. The third kappa shape index (κ3) is 4.46. The number of phenols is 2. The minimum Gasteiger partial charge on any atom is -0.508 e. The van der Waals surface area contributed by atoms with Gasteiger partial charge in [0.05, 0.1) is 5.56 Å². The van der Waals surface area contributed by atoms with Crippen LogP contribution in [-0.2, 0) is 0 Å². The first-order valence-electron chi connectivity index (χ1n) is 11.7. The maximum Gasteiger partial charge on any atom is 0.152 e. The van der Waals surface area contributed by atoms with Crippen molar-refractivity contribution in [3.05, 3.63) is 83.4 Å². The average Bonchev–Trinajstić information content (AvgIpc) is 2.81. The molecule has 34 heavy (non-hydrogen) atoms. The van der Waals surface area contributed by atoms with Gasteiger partial charge < -0.3 is 19.7 Å². The van der Waals surface area contributed by atoms with E-state index in [9.17, 15) is 10.2 Å². The van der Waals surface area contributed by atoms with Gasteiger partial charge in [0.25, 0.3) is 0 Å². The molecule has 0 bridgehead atoms. The van der Waals surface area contributed by atoms with Crippen molar-refractivity contribution in [1.29, 1.82) is 0 Å². The zero-order valence-electron chi connectivity index (χ0n) is 19.1. The van der Waals surface area contributed by atoms with E-state index in [4.69, 9.17) is 9.47 Å². The number of phenolic OH excluding ortho intramolecular Hbond substituents is 2. The normalized spacial score (nSPS) is 18.2. The van der Waals surface area contributed by atoms with Crippen LogP contribution in [0.25, 0.3) is 11.4 Å². The molecule has 3 aromatic rings. The summed E-state index contributed by atoms with van der Waals surface area (Å²) in [6.07, 6.45) is 0.507. The summed E-state index contributed by atoms with van der Waals surface area (Å²) in [5.41, 5.74) is 1.75. The Morgan fingerprint density at radius 1 is 1.00 bits per heavy atom. The molecule has 0 radical (unpaired) electrons. The lowest BCUT2D eigenvalue weighted by atomic mass is 9.90. The molecule has 2 aliphatic rings. The minimum atomic E-state index is -0.722. The van der Waals surface area contributed by atoms with Gasteiger partial charge in [-0.15, -0.1) is 0 Å². The number of likely N-dealkylation sites (tertiary alicyclic amines) is 1. The van der Waals surface area contributed by atoms with Crippen molar-refractivity contribution in [2.75, 3.05) is 26.2 Å². The number of hydrogen-bond acceptors (Lipinski definition) is 5. The highest BCUT2D eigenvalue weighted by Crippen LogP contribution is 2.48. The molecular weight excluding hydrogens is 433 g/mol. The molecule has 2 heterocycles. The topological polar surface area (TPSA) is 62.2 Å². The molecule has 1 atom stereocenters. The van der Waals surface area contributed by atoms with E-state index in [-0.39, 0.29) is 17.1 Å². The maximum atomic E-state index is 15.8. The number of nitrogens with zero attached hydrogens (tertiary/aromatic N) is 1. The Bertz CT molecular complexity index is 1200. The quantitative estimate of drug-likeness (QED) is 0.466. The van der Waals surface area contributed by atoms with Crippen LogP contribution in [0.2, 0.25) is 0 Å². The molecule has 0 saturated carbocycles. The Labute approximate surface area is 198 Å². The van der Waals surface area contributed by atoms with Crippen LogP contribution in [0.1, 0.15) is 36.1 Å². The molecule has 5 rings (SSSR count). The highest BCUT2D eigenvalue weighted by Gasteiger charge is 2.32. The van der Waals surface area contributed by atoms with Crippen molar-refractivity contribution in [2.45, 2.75) is 19.4 Å². The molecule has 0 unspecified atom stereocenters. The highest BCUT2D eigenvalue weighted by atomic mass is 19.1. The van der Waals surface area contributed by atoms with Crippen molar-refractivity contribution in [3.8, 4) is 23.0 Å². The molecule has 1 saturated heterocycles. The molecule has 0 spiro atoms. The summed E-state index contributed by atoms with van der Waals surface area (Å²) in [6, 6.07) is 18.3. The predicted octanol–water partition coefficient (Wildman–Crippen LogP) is 5.79. The van der Waals surface area contributed by atoms with E-state index < -0.39 is 11.9 Å². The summed E-state index contributed by atoms with van der Waals surface area (Å²) >= 11 is 0. The first-order chi connectivity index (χ1) is 16.5. The lowest BCUT2D eigenvalue weighted by Crippen LogP contribution is -2.47. The second-order valence-electron chi connectivity index (χ2n) is 8.91. The van der Waals surface area contributed by atoms with Crippen LogP contribution in [-0.4, -0.2) is 41.4 Å². The fourth-order valence-electron chi connectivity index (χ4n) is 4.57. The van der Waals surface area contributed by atoms with E-state index in [1.165, 1.54) is 30.7 Å². The van der Waals surface area contributed by atoms with Gasteiger partial charge in [-0.3, -0.25) is 4.90 Å². The lowest BCUT2D eigenvalue weighted by molar-refractivity contribution is 0.0806. The van der Waals surface area contributed by atoms with Crippen molar-refractivity contribution in [3.63, 3.8) is 0 Å². The Morgan fingerprint density at radius 2 is 1.76 bits per heavy atom. The first-order valence-corrected chi connectivity index (χ1v) is 11.7. The largest absolute Gasteiger partial charge is 0.508 e. The maximum absolute atomic E-state index is 15.8. The van der Waals surface area contributed by atoms with Gasteiger partial charge in [-0.05, 0) is 59.5 Å². The van der Waals surface area contributed by atoms with Gasteiger partial charge in [0, 0.05) is 25.2 Å². The van der Waals surface area contributed by atoms with E-state index in [0.29, 0.717) is 23.5 Å². The van der Waals surface area contributed by atoms with E-state index in [1.54, 1.807) is 18.2 Å². The summed E-state index contributed by atoms with van der Waals surface area (Å²) in [5, 5.41) is 19.9. The molecule has 0 aliphatic carbocycles. The SMILES string of the molecule is CCC1CN(CCOc2ccc([C@@H]3Oc4ccc(O)cc4C(F)=C3c3cccc(O)c3)cc2)C1. The van der Waals surface area contributed by atoms with Crippen molar-refractivity contribution in [2.24, 2.45) is 5.92 Å². The standard InChI is InChI=1S/C28H28FNO4/c1-2-18-16-30(17-18)12-13-33-23-9-6-19(7-10-23)28-26(20-4-3-5-21(31)14-20)27(29)24-15-22(32)8-11-25(24)34-28/h3-11,14-15,18,28,31-32H,2,12-13,16-17H2,1H3/t28-/m0/s1. The summed E-state index contributed by atoms with van der Waals surface area (Å²) in [7, 11) is 0. The van der Waals surface area contributed by atoms with Crippen LogP contribution in [0.5, 0.6) is 23.0 Å². The predicted molar refractivity (Wildman–Crippen MR) is 130 cm³/mol. The summed E-state index contributed by atoms with van der Waals surface area (Å²) in [6.45, 7) is 6.05. The van der Waals surface area contributed by atoms with Gasteiger partial charge in [0.1, 0.15) is 35.4 Å². The molecule has 0 aromatic heterocycles. The number of rotatable bonds is 7. The number of fused-ring (bicyclic) bond motifs is 1. The third-order valence-corrected chi connectivity index (χ3v) is 6.57. The molecule has 2 N–H and O–H groups in total. The van der Waals surface area contributed by atoms with Crippen LogP contribution < -0.4 is 9.47 Å². The average molecular weight is 462 g/mol. The smallest absolute Gasteiger partial charge is 0.152 e. The molecule has 2 aliphatic heterocycles. The summed E-state index contributed by atoms with van der Waals surface area (Å²) in [5.74, 6) is 1.42. The fraction of sp³-hybridized carbons (Fsp3) is 0.286. The zero-order chi connectivity index (χ0) is 23.7. The zero-order valence-corrected chi connectivity index (χ0v) is 19.1. The number of ether oxygens (including phenoxy) is 2. The molecule has 3 aromatic carbocycles. The first kappa shape index (κ1) is 22.3. The van der Waals surface area contributed by atoms with Crippen LogP contribution in [0.3, 0.4) is 0 Å². The number of hydrogen-bond donors (Lipinski definition) is 2. The Balaban J connectivity index is 1.38. The van der Waals surface area contributed by atoms with Gasteiger partial charge in [-0.1, -0.05) is 37.6 Å². The molecule has 6 heteroatoms. The second kappa shape index (κ2) is 9.39. The molecule has 176 valence electrons. The fourth-order valence-corrected chi connectivity index (χ4v) is 4.57. The highest BCUT2D eigenvalue weighted by molar-refractivity contribution is 5.93. The van der Waals surface area contributed by atoms with E-state index in [2.05, 4.69) is 11.8 Å². The van der Waals surface area contributed by atoms with Crippen LogP contribution >= 0.6 is 0 Å². The van der Waals surface area contributed by atoms with E-state index in [0.717, 1.165) is 36.9 Å². The third-order valence-electron chi connectivity index (χ3n) is 6.57. The minimum absolute atomic E-state index is 0.0365. The van der Waals surface area contributed by atoms with Gasteiger partial charge in [0.2, 0.25) is 0 Å². The molecule has 1 fully saturated rings. The van der Waals surface area contributed by atoms with Crippen LogP contribution in [0, 0.1) is 5.92 Å². The Hall–Kier alpha value is -3.51. The van der Waals surface area contributed by atoms with E-state index >= 15 is 4.39 Å². The van der Waals surface area contributed by atoms with E-state index in [1.807, 2.05) is 24.3 Å². The van der Waals surface area contributed by atoms with Gasteiger partial charge in [-0.25, -0.2) is 4.39 Å². The number of aromatic hydroxyl groups is 2. The Morgan fingerprint density at radius 3 is 2.50 bits per heavy atom. The summed E-state index contributed by atoms with van der Waals surface area (Å²) in [4.78, 5) is 2.39. The summed E-state index contributed by atoms with van der Waals surface area (Å²) < 4.78 is 27.9. The molecule has 0 amide bonds. The molecular formula is C28H28FNO4. The van der Waals surface area contributed by atoms with Gasteiger partial charge in [0.15, 0.2) is 6.10 Å². The second-order valence-corrected chi connectivity index (χ2v) is 8.91. The van der Waals surface area contributed by atoms with Gasteiger partial charge in [-0.2, -0.15) is 0 Å². The van der Waals surface area contributed by atoms with Gasteiger partial charge >= 0.3 is 0 Å². The Kier molecular flexibility index (Phi) is 6.16. The van der Waals surface area contributed by atoms with Crippen LogP contribution in [0.4, 0.5) is 4.39 Å². The number of halogens is 1. The van der Waals surface area contributed by atoms with Crippen molar-refractivity contribution < 1.29 is 24.1 Å². The monoisotopic (exact) mass is 461 g/mol. The van der Waals surface area contributed by atoms with Crippen molar-refractivity contribution in [1.82, 2.24) is 4.90 Å².